The Labute approximate surface area is 168 Å². The Balaban J connectivity index is 2.06. The Bertz CT molecular complexity index is 882. The largest absolute Gasteiger partial charge is 0.351 e. The molecule has 0 bridgehead atoms. The molecule has 28 heavy (non-hydrogen) atoms. The van der Waals surface area contributed by atoms with Crippen molar-refractivity contribution in [1.82, 2.24) is 5.32 Å². The van der Waals surface area contributed by atoms with Gasteiger partial charge in [0.15, 0.2) is 0 Å². The number of carbonyl (C=O) groups is 3. The van der Waals surface area contributed by atoms with Crippen molar-refractivity contribution in [2.75, 3.05) is 10.6 Å². The summed E-state index contributed by atoms with van der Waals surface area (Å²) in [5.74, 6) is -0.302. The lowest BCUT2D eigenvalue weighted by atomic mass is 9.96. The first-order valence-electron chi connectivity index (χ1n) is 8.86. The van der Waals surface area contributed by atoms with Crippen molar-refractivity contribution >= 4 is 39.9 Å². The van der Waals surface area contributed by atoms with E-state index in [0.29, 0.717) is 15.6 Å². The van der Waals surface area contributed by atoms with Crippen molar-refractivity contribution in [3.63, 3.8) is 0 Å². The maximum absolute atomic E-state index is 12.7. The highest BCUT2D eigenvalue weighted by molar-refractivity contribution is 7.18. The van der Waals surface area contributed by atoms with Crippen LogP contribution in [0.4, 0.5) is 15.5 Å². The van der Waals surface area contributed by atoms with Crippen LogP contribution in [-0.2, 0) is 4.79 Å². The molecule has 1 aromatic carbocycles. The first-order valence-corrected chi connectivity index (χ1v) is 9.68. The van der Waals surface area contributed by atoms with Crippen LogP contribution in [0.15, 0.2) is 30.3 Å². The normalized spacial score (nSPS) is 12.2. The minimum atomic E-state index is -0.628. The van der Waals surface area contributed by atoms with Crippen molar-refractivity contribution in [3.8, 4) is 0 Å². The molecule has 0 aliphatic rings. The fourth-order valence-corrected chi connectivity index (χ4v) is 3.38. The lowest BCUT2D eigenvalue weighted by Gasteiger charge is -2.16. The van der Waals surface area contributed by atoms with Gasteiger partial charge >= 0.3 is 6.03 Å². The molecule has 1 aromatic heterocycles. The number of anilines is 2. The summed E-state index contributed by atoms with van der Waals surface area (Å²) in [5.41, 5.74) is 6.86. The van der Waals surface area contributed by atoms with E-state index in [2.05, 4.69) is 16.0 Å². The predicted octanol–water partition coefficient (Wildman–Crippen LogP) is 4.02. The average molecular weight is 403 g/mol. The van der Waals surface area contributed by atoms with Gasteiger partial charge in [-0.2, -0.15) is 0 Å². The van der Waals surface area contributed by atoms with Gasteiger partial charge in [0, 0.05) is 11.1 Å². The average Bonchev–Trinajstić information content (AvgIpc) is 2.94. The van der Waals surface area contributed by atoms with Crippen molar-refractivity contribution in [2.24, 2.45) is 11.1 Å². The van der Waals surface area contributed by atoms with E-state index in [1.165, 1.54) is 11.3 Å². The van der Waals surface area contributed by atoms with E-state index in [1.807, 2.05) is 46.8 Å². The Kier molecular flexibility index (Phi) is 6.45. The Hall–Kier alpha value is -2.87. The highest BCUT2D eigenvalue weighted by Crippen LogP contribution is 2.29. The summed E-state index contributed by atoms with van der Waals surface area (Å²) >= 11 is 1.25. The van der Waals surface area contributed by atoms with E-state index in [-0.39, 0.29) is 17.9 Å². The number of urea groups is 1. The van der Waals surface area contributed by atoms with Crippen LogP contribution in [-0.4, -0.2) is 17.8 Å². The van der Waals surface area contributed by atoms with E-state index in [1.54, 1.807) is 18.2 Å². The van der Waals surface area contributed by atoms with Gasteiger partial charge in [-0.15, -0.1) is 11.3 Å². The fourth-order valence-electron chi connectivity index (χ4n) is 2.41. The molecule has 0 spiro atoms. The van der Waals surface area contributed by atoms with Gasteiger partial charge < -0.3 is 21.7 Å². The molecule has 7 nitrogen and oxygen atoms in total. The minimum absolute atomic E-state index is 0.0984. The molecule has 2 rings (SSSR count). The molecule has 5 N–H and O–H groups in total. The molecule has 1 atom stereocenters. The zero-order valence-electron chi connectivity index (χ0n) is 16.7. The number of rotatable bonds is 5. The van der Waals surface area contributed by atoms with Gasteiger partial charge in [0.25, 0.3) is 5.91 Å². The lowest BCUT2D eigenvalue weighted by Crippen LogP contribution is -2.27. The summed E-state index contributed by atoms with van der Waals surface area (Å²) in [6.07, 6.45) is 0. The molecule has 0 fully saturated rings. The van der Waals surface area contributed by atoms with Gasteiger partial charge in [0.2, 0.25) is 5.91 Å². The Morgan fingerprint density at radius 3 is 2.21 bits per heavy atom. The van der Waals surface area contributed by atoms with E-state index < -0.39 is 11.4 Å². The topological polar surface area (TPSA) is 113 Å². The summed E-state index contributed by atoms with van der Waals surface area (Å²) in [4.78, 5) is 36.2. The van der Waals surface area contributed by atoms with E-state index in [4.69, 9.17) is 5.73 Å². The second-order valence-corrected chi connectivity index (χ2v) is 8.69. The van der Waals surface area contributed by atoms with Crippen LogP contribution in [0, 0.1) is 12.3 Å². The second-order valence-electron chi connectivity index (χ2n) is 7.63. The smallest absolute Gasteiger partial charge is 0.316 e. The van der Waals surface area contributed by atoms with E-state index >= 15 is 0 Å². The quantitative estimate of drug-likeness (QED) is 0.605. The summed E-state index contributed by atoms with van der Waals surface area (Å²) in [6.45, 7) is 9.22. The van der Waals surface area contributed by atoms with Gasteiger partial charge in [-0.05, 0) is 43.2 Å². The van der Waals surface area contributed by atoms with Gasteiger partial charge in [0.05, 0.1) is 15.9 Å². The maximum atomic E-state index is 12.7. The molecular formula is C20H26N4O3S. The van der Waals surface area contributed by atoms with Gasteiger partial charge in [-0.3, -0.25) is 9.59 Å². The Morgan fingerprint density at radius 2 is 1.68 bits per heavy atom. The number of amides is 4. The van der Waals surface area contributed by atoms with Crippen molar-refractivity contribution in [3.05, 3.63) is 46.3 Å². The molecular weight excluding hydrogens is 376 g/mol. The number of benzene rings is 1. The molecule has 0 radical (unpaired) electrons. The molecule has 150 valence electrons. The number of nitrogens with one attached hydrogen (secondary N) is 3. The fraction of sp³-hybridized carbons (Fsp3) is 0.350. The monoisotopic (exact) mass is 402 g/mol. The van der Waals surface area contributed by atoms with E-state index in [0.717, 1.165) is 11.1 Å². The van der Waals surface area contributed by atoms with Crippen molar-refractivity contribution < 1.29 is 14.4 Å². The zero-order chi connectivity index (χ0) is 21.1. The number of carbonyl (C=O) groups excluding carboxylic acids is 3. The molecule has 0 aliphatic heterocycles. The van der Waals surface area contributed by atoms with Crippen molar-refractivity contribution in [1.29, 1.82) is 0 Å². The van der Waals surface area contributed by atoms with Crippen molar-refractivity contribution in [2.45, 2.75) is 40.7 Å². The summed E-state index contributed by atoms with van der Waals surface area (Å²) in [5, 5.41) is 8.96. The van der Waals surface area contributed by atoms with Crippen LogP contribution >= 0.6 is 11.3 Å². The molecule has 1 heterocycles. The summed E-state index contributed by atoms with van der Waals surface area (Å²) in [6, 6.07) is 8.01. The Morgan fingerprint density at radius 1 is 1.07 bits per heavy atom. The molecule has 0 aliphatic carbocycles. The third kappa shape index (κ3) is 5.56. The molecule has 0 saturated heterocycles. The number of nitrogens with two attached hydrogens (primary N) is 1. The van der Waals surface area contributed by atoms with Crippen LogP contribution in [0.5, 0.6) is 0 Å². The molecule has 2 aromatic rings. The van der Waals surface area contributed by atoms with Crippen LogP contribution in [0.25, 0.3) is 0 Å². The zero-order valence-corrected chi connectivity index (χ0v) is 17.5. The number of primary amides is 1. The van der Waals surface area contributed by atoms with Crippen LogP contribution in [0.1, 0.15) is 54.5 Å². The lowest BCUT2D eigenvalue weighted by molar-refractivity contribution is -0.123. The minimum Gasteiger partial charge on any atom is -0.351 e. The summed E-state index contributed by atoms with van der Waals surface area (Å²) < 4.78 is 0. The number of aryl methyl sites for hydroxylation is 1. The van der Waals surface area contributed by atoms with Gasteiger partial charge in [0.1, 0.15) is 0 Å². The highest BCUT2D eigenvalue weighted by atomic mass is 32.1. The number of thiophene rings is 1. The molecule has 0 saturated carbocycles. The second kappa shape index (κ2) is 8.43. The van der Waals surface area contributed by atoms with Crippen LogP contribution in [0.3, 0.4) is 0 Å². The SMILES string of the molecule is Cc1cc(NC(=O)C(C)(C)C)sc1C(=O)NC(C)c1ccc(NC(N)=O)cc1. The van der Waals surface area contributed by atoms with Crippen LogP contribution < -0.4 is 21.7 Å². The standard InChI is InChI=1S/C20H26N4O3S/c1-11-10-15(24-18(26)20(3,4)5)28-16(11)17(25)22-12(2)13-6-8-14(9-7-13)23-19(21)27/h6-10,12H,1-5H3,(H,22,25)(H,24,26)(H3,21,23,27). The third-order valence-corrected chi connectivity index (χ3v) is 5.22. The number of hydrogen-bond donors (Lipinski definition) is 4. The molecule has 1 unspecified atom stereocenters. The molecule has 8 heteroatoms. The maximum Gasteiger partial charge on any atom is 0.316 e. The summed E-state index contributed by atoms with van der Waals surface area (Å²) in [7, 11) is 0. The van der Waals surface area contributed by atoms with Gasteiger partial charge in [-0.1, -0.05) is 32.9 Å². The first-order chi connectivity index (χ1) is 13.0. The van der Waals surface area contributed by atoms with Crippen LogP contribution in [0.2, 0.25) is 0 Å². The predicted molar refractivity (Wildman–Crippen MR) is 113 cm³/mol. The highest BCUT2D eigenvalue weighted by Gasteiger charge is 2.23. The first kappa shape index (κ1) is 21.4. The third-order valence-electron chi connectivity index (χ3n) is 4.07. The molecule has 4 amide bonds. The number of hydrogen-bond acceptors (Lipinski definition) is 4. The van der Waals surface area contributed by atoms with E-state index in [9.17, 15) is 14.4 Å². The van der Waals surface area contributed by atoms with Gasteiger partial charge in [-0.25, -0.2) is 4.79 Å².